The summed E-state index contributed by atoms with van der Waals surface area (Å²) in [5, 5.41) is 5.72. The van der Waals surface area contributed by atoms with E-state index < -0.39 is 0 Å². The summed E-state index contributed by atoms with van der Waals surface area (Å²) in [7, 11) is 0. The standard InChI is InChI=1S/C17H24N2O2/c1-12-7-6-10-15(13(12)2)19-16(20)11-18-17(21)14-8-4-3-5-9-14/h3-5,8-9,12-13,15H,6-7,10-11H2,1-2H3,(H,18,21)(H,19,20)/t12-,13+,15+/m0/s1. The van der Waals surface area contributed by atoms with Crippen LogP contribution in [0.4, 0.5) is 0 Å². The quantitative estimate of drug-likeness (QED) is 0.893. The molecule has 1 aromatic rings. The molecule has 1 aromatic carbocycles. The van der Waals surface area contributed by atoms with Crippen LogP contribution in [0.15, 0.2) is 30.3 Å². The van der Waals surface area contributed by atoms with Crippen LogP contribution in [0.25, 0.3) is 0 Å². The second-order valence-electron chi connectivity index (χ2n) is 5.99. The maximum Gasteiger partial charge on any atom is 0.251 e. The number of rotatable bonds is 4. The molecule has 1 fully saturated rings. The lowest BCUT2D eigenvalue weighted by Crippen LogP contribution is -2.47. The van der Waals surface area contributed by atoms with Crippen LogP contribution in [0.5, 0.6) is 0 Å². The molecule has 0 radical (unpaired) electrons. The zero-order chi connectivity index (χ0) is 15.2. The summed E-state index contributed by atoms with van der Waals surface area (Å²) in [4.78, 5) is 23.8. The molecule has 114 valence electrons. The Morgan fingerprint density at radius 1 is 1.14 bits per heavy atom. The Morgan fingerprint density at radius 2 is 1.86 bits per heavy atom. The van der Waals surface area contributed by atoms with Crippen molar-refractivity contribution in [2.24, 2.45) is 11.8 Å². The Balaban J connectivity index is 1.78. The van der Waals surface area contributed by atoms with Gasteiger partial charge in [-0.15, -0.1) is 0 Å². The van der Waals surface area contributed by atoms with Crippen molar-refractivity contribution in [3.63, 3.8) is 0 Å². The molecule has 2 rings (SSSR count). The van der Waals surface area contributed by atoms with E-state index in [9.17, 15) is 9.59 Å². The zero-order valence-electron chi connectivity index (χ0n) is 12.8. The van der Waals surface area contributed by atoms with Gasteiger partial charge in [-0.3, -0.25) is 9.59 Å². The largest absolute Gasteiger partial charge is 0.352 e. The molecule has 0 aliphatic heterocycles. The van der Waals surface area contributed by atoms with Crippen molar-refractivity contribution >= 4 is 11.8 Å². The first-order chi connectivity index (χ1) is 10.1. The molecule has 21 heavy (non-hydrogen) atoms. The topological polar surface area (TPSA) is 58.2 Å². The van der Waals surface area contributed by atoms with Crippen LogP contribution in [0.1, 0.15) is 43.5 Å². The monoisotopic (exact) mass is 288 g/mol. The number of carbonyl (C=O) groups is 2. The molecule has 3 atom stereocenters. The molecule has 4 nitrogen and oxygen atoms in total. The minimum Gasteiger partial charge on any atom is -0.352 e. The number of hydrogen-bond acceptors (Lipinski definition) is 2. The fraction of sp³-hybridized carbons (Fsp3) is 0.529. The van der Waals surface area contributed by atoms with Gasteiger partial charge in [0, 0.05) is 11.6 Å². The third-order valence-corrected chi connectivity index (χ3v) is 4.50. The van der Waals surface area contributed by atoms with Crippen LogP contribution in [0.3, 0.4) is 0 Å². The lowest BCUT2D eigenvalue weighted by atomic mass is 9.78. The average Bonchev–Trinajstić information content (AvgIpc) is 2.50. The highest BCUT2D eigenvalue weighted by Gasteiger charge is 2.28. The highest BCUT2D eigenvalue weighted by Crippen LogP contribution is 2.29. The van der Waals surface area contributed by atoms with Crippen molar-refractivity contribution in [3.05, 3.63) is 35.9 Å². The maximum absolute atomic E-state index is 12.0. The van der Waals surface area contributed by atoms with Gasteiger partial charge in [-0.1, -0.05) is 44.9 Å². The van der Waals surface area contributed by atoms with Crippen LogP contribution < -0.4 is 10.6 Å². The molecule has 1 aliphatic rings. The molecule has 1 aliphatic carbocycles. The molecular formula is C17H24N2O2. The van der Waals surface area contributed by atoms with Gasteiger partial charge in [0.2, 0.25) is 5.91 Å². The zero-order valence-corrected chi connectivity index (χ0v) is 12.8. The summed E-state index contributed by atoms with van der Waals surface area (Å²) in [5.41, 5.74) is 0.574. The molecule has 1 saturated carbocycles. The van der Waals surface area contributed by atoms with Crippen molar-refractivity contribution < 1.29 is 9.59 Å². The summed E-state index contributed by atoms with van der Waals surface area (Å²) in [6.45, 7) is 4.46. The second-order valence-corrected chi connectivity index (χ2v) is 5.99. The first kappa shape index (κ1) is 15.5. The van der Waals surface area contributed by atoms with Gasteiger partial charge < -0.3 is 10.6 Å². The predicted octanol–water partition coefficient (Wildman–Crippen LogP) is 2.36. The summed E-state index contributed by atoms with van der Waals surface area (Å²) in [5.74, 6) is 0.816. The third-order valence-electron chi connectivity index (χ3n) is 4.50. The molecule has 0 aromatic heterocycles. The van der Waals surface area contributed by atoms with Crippen molar-refractivity contribution in [2.75, 3.05) is 6.54 Å². The fourth-order valence-electron chi connectivity index (χ4n) is 2.90. The molecule has 0 spiro atoms. The van der Waals surface area contributed by atoms with Crippen molar-refractivity contribution in [2.45, 2.75) is 39.2 Å². The van der Waals surface area contributed by atoms with Crippen LogP contribution in [-0.2, 0) is 4.79 Å². The van der Waals surface area contributed by atoms with Gasteiger partial charge >= 0.3 is 0 Å². The predicted molar refractivity (Wildman–Crippen MR) is 82.9 cm³/mol. The summed E-state index contributed by atoms with van der Waals surface area (Å²) >= 11 is 0. The SMILES string of the molecule is C[C@@H]1[C@@H](C)CCC[C@H]1NC(=O)CNC(=O)c1ccccc1. The summed E-state index contributed by atoms with van der Waals surface area (Å²) < 4.78 is 0. The second kappa shape index (κ2) is 7.25. The van der Waals surface area contributed by atoms with Gasteiger partial charge in [0.15, 0.2) is 0 Å². The van der Waals surface area contributed by atoms with Gasteiger partial charge in [0.25, 0.3) is 5.91 Å². The Kier molecular flexibility index (Phi) is 5.37. The van der Waals surface area contributed by atoms with Crippen LogP contribution in [-0.4, -0.2) is 24.4 Å². The molecule has 0 unspecified atom stereocenters. The first-order valence-corrected chi connectivity index (χ1v) is 7.70. The molecule has 0 saturated heterocycles. The molecule has 0 heterocycles. The van der Waals surface area contributed by atoms with E-state index in [2.05, 4.69) is 24.5 Å². The highest BCUT2D eigenvalue weighted by molar-refractivity contribution is 5.96. The van der Waals surface area contributed by atoms with Crippen molar-refractivity contribution in [1.82, 2.24) is 10.6 Å². The minimum absolute atomic E-state index is 0.0331. The van der Waals surface area contributed by atoms with E-state index in [-0.39, 0.29) is 24.4 Å². The van der Waals surface area contributed by atoms with Gasteiger partial charge in [-0.2, -0.15) is 0 Å². The van der Waals surface area contributed by atoms with E-state index in [1.54, 1.807) is 24.3 Å². The van der Waals surface area contributed by atoms with Gasteiger partial charge in [0.1, 0.15) is 0 Å². The highest BCUT2D eigenvalue weighted by atomic mass is 16.2. The Labute approximate surface area is 126 Å². The molecule has 0 bridgehead atoms. The smallest absolute Gasteiger partial charge is 0.251 e. The normalized spacial score (nSPS) is 25.1. The summed E-state index contributed by atoms with van der Waals surface area (Å²) in [6.07, 6.45) is 3.43. The number of benzene rings is 1. The van der Waals surface area contributed by atoms with Crippen molar-refractivity contribution in [3.8, 4) is 0 Å². The number of carbonyl (C=O) groups excluding carboxylic acids is 2. The lowest BCUT2D eigenvalue weighted by molar-refractivity contribution is -0.121. The molecule has 4 heteroatoms. The van der Waals surface area contributed by atoms with E-state index in [0.29, 0.717) is 17.4 Å². The summed E-state index contributed by atoms with van der Waals surface area (Å²) in [6, 6.07) is 9.17. The average molecular weight is 288 g/mol. The number of amides is 2. The van der Waals surface area contributed by atoms with Gasteiger partial charge in [-0.05, 0) is 30.4 Å². The molecule has 2 N–H and O–H groups in total. The van der Waals surface area contributed by atoms with Gasteiger partial charge in [-0.25, -0.2) is 0 Å². The van der Waals surface area contributed by atoms with E-state index in [0.717, 1.165) is 12.8 Å². The van der Waals surface area contributed by atoms with Crippen LogP contribution in [0, 0.1) is 11.8 Å². The Morgan fingerprint density at radius 3 is 2.57 bits per heavy atom. The minimum atomic E-state index is -0.212. The lowest BCUT2D eigenvalue weighted by Gasteiger charge is -2.34. The molecular weight excluding hydrogens is 264 g/mol. The number of hydrogen-bond donors (Lipinski definition) is 2. The third kappa shape index (κ3) is 4.31. The molecule has 2 amide bonds. The van der Waals surface area contributed by atoms with Crippen LogP contribution >= 0.6 is 0 Å². The van der Waals surface area contributed by atoms with E-state index in [4.69, 9.17) is 0 Å². The number of nitrogens with one attached hydrogen (secondary N) is 2. The Hall–Kier alpha value is -1.84. The van der Waals surface area contributed by atoms with Crippen molar-refractivity contribution in [1.29, 1.82) is 0 Å². The fourth-order valence-corrected chi connectivity index (χ4v) is 2.90. The van der Waals surface area contributed by atoms with Crippen LogP contribution in [0.2, 0.25) is 0 Å². The van der Waals surface area contributed by atoms with E-state index in [1.165, 1.54) is 6.42 Å². The Bertz CT molecular complexity index is 487. The first-order valence-electron chi connectivity index (χ1n) is 7.70. The van der Waals surface area contributed by atoms with Gasteiger partial charge in [0.05, 0.1) is 6.54 Å². The van der Waals surface area contributed by atoms with E-state index >= 15 is 0 Å². The van der Waals surface area contributed by atoms with E-state index in [1.807, 2.05) is 6.07 Å². The maximum atomic E-state index is 12.0.